The number of fused-ring (bicyclic) bond motifs is 5. The van der Waals surface area contributed by atoms with E-state index in [1.807, 2.05) is 0 Å². The number of rotatable bonds is 2. The van der Waals surface area contributed by atoms with Crippen molar-refractivity contribution < 1.29 is 0 Å². The molecule has 2 nitrogen and oxygen atoms in total. The van der Waals surface area contributed by atoms with Crippen molar-refractivity contribution in [3.05, 3.63) is 108 Å². The molecule has 2 aliphatic rings. The van der Waals surface area contributed by atoms with Gasteiger partial charge in [-0.1, -0.05) is 74.2 Å². The Morgan fingerprint density at radius 1 is 0.677 bits per heavy atom. The third-order valence-corrected chi connectivity index (χ3v) is 6.59. The van der Waals surface area contributed by atoms with Crippen molar-refractivity contribution in [3.63, 3.8) is 0 Å². The van der Waals surface area contributed by atoms with Crippen LogP contribution in [0, 0.1) is 6.92 Å². The molecule has 1 atom stereocenters. The zero-order valence-corrected chi connectivity index (χ0v) is 17.3. The molecule has 0 bridgehead atoms. The van der Waals surface area contributed by atoms with Gasteiger partial charge in [0.15, 0.2) is 0 Å². The number of benzene rings is 4. The van der Waals surface area contributed by atoms with E-state index in [0.29, 0.717) is 0 Å². The van der Waals surface area contributed by atoms with E-state index < -0.39 is 0 Å². The van der Waals surface area contributed by atoms with Gasteiger partial charge in [-0.2, -0.15) is 0 Å². The summed E-state index contributed by atoms with van der Waals surface area (Å²) in [6.45, 7) is 4.53. The summed E-state index contributed by atoms with van der Waals surface area (Å²) in [5.41, 5.74) is 12.1. The number of hydrogen-bond donors (Lipinski definition) is 0. The molecule has 0 saturated heterocycles. The molecule has 6 rings (SSSR count). The number of hydrogen-bond acceptors (Lipinski definition) is 2. The minimum Gasteiger partial charge on any atom is -0.319 e. The SMILES string of the molecule is C.Cc1ccccc1N1c2c(ccc3c2Cc2ccccc2-3)N(c2ccccc2)[C@@H]1C. The summed E-state index contributed by atoms with van der Waals surface area (Å²) < 4.78 is 0. The summed E-state index contributed by atoms with van der Waals surface area (Å²) in [7, 11) is 0. The van der Waals surface area contributed by atoms with E-state index in [1.165, 1.54) is 50.6 Å². The normalized spacial score (nSPS) is 15.9. The zero-order valence-electron chi connectivity index (χ0n) is 17.3. The maximum atomic E-state index is 2.54. The third kappa shape index (κ3) is 2.79. The quantitative estimate of drug-likeness (QED) is 0.296. The summed E-state index contributed by atoms with van der Waals surface area (Å²) in [6.07, 6.45) is 1.19. The van der Waals surface area contributed by atoms with E-state index in [2.05, 4.69) is 115 Å². The van der Waals surface area contributed by atoms with Crippen molar-refractivity contribution in [1.82, 2.24) is 0 Å². The van der Waals surface area contributed by atoms with Crippen LogP contribution < -0.4 is 9.80 Å². The van der Waals surface area contributed by atoms with Crippen LogP contribution in [0.2, 0.25) is 0 Å². The molecule has 0 amide bonds. The molecular formula is C29H28N2. The molecule has 4 aromatic rings. The van der Waals surface area contributed by atoms with E-state index in [-0.39, 0.29) is 13.6 Å². The lowest BCUT2D eigenvalue weighted by Crippen LogP contribution is -2.35. The van der Waals surface area contributed by atoms with E-state index in [9.17, 15) is 0 Å². The first-order valence-electron chi connectivity index (χ1n) is 10.7. The van der Waals surface area contributed by atoms with Gasteiger partial charge in [-0.25, -0.2) is 0 Å². The Bertz CT molecular complexity index is 1260. The van der Waals surface area contributed by atoms with Crippen molar-refractivity contribution in [2.75, 3.05) is 9.80 Å². The van der Waals surface area contributed by atoms with Gasteiger partial charge in [-0.15, -0.1) is 0 Å². The lowest BCUT2D eigenvalue weighted by molar-refractivity contribution is 0.758. The summed E-state index contributed by atoms with van der Waals surface area (Å²) in [5, 5.41) is 0. The van der Waals surface area contributed by atoms with Gasteiger partial charge in [-0.05, 0) is 65.9 Å². The van der Waals surface area contributed by atoms with Crippen molar-refractivity contribution in [1.29, 1.82) is 0 Å². The second-order valence-corrected chi connectivity index (χ2v) is 8.29. The Kier molecular flexibility index (Phi) is 4.59. The fraction of sp³-hybridized carbons (Fsp3) is 0.172. The summed E-state index contributed by atoms with van der Waals surface area (Å²) in [4.78, 5) is 5.02. The monoisotopic (exact) mass is 404 g/mol. The first-order valence-corrected chi connectivity index (χ1v) is 10.7. The van der Waals surface area contributed by atoms with Gasteiger partial charge in [0.25, 0.3) is 0 Å². The Morgan fingerprint density at radius 2 is 1.39 bits per heavy atom. The third-order valence-electron chi connectivity index (χ3n) is 6.59. The molecule has 0 fully saturated rings. The van der Waals surface area contributed by atoms with Crippen LogP contribution in [0.25, 0.3) is 11.1 Å². The number of aryl methyl sites for hydroxylation is 1. The van der Waals surface area contributed by atoms with Gasteiger partial charge in [0.05, 0.1) is 11.4 Å². The maximum absolute atomic E-state index is 2.54. The Balaban J connectivity index is 0.00000204. The van der Waals surface area contributed by atoms with Gasteiger partial charge in [0.2, 0.25) is 0 Å². The van der Waals surface area contributed by atoms with Crippen molar-refractivity contribution in [2.24, 2.45) is 0 Å². The minimum atomic E-state index is 0. The molecule has 2 heteroatoms. The van der Waals surface area contributed by atoms with Gasteiger partial charge < -0.3 is 9.80 Å². The highest BCUT2D eigenvalue weighted by molar-refractivity contribution is 5.96. The van der Waals surface area contributed by atoms with E-state index >= 15 is 0 Å². The van der Waals surface area contributed by atoms with Crippen LogP contribution in [0.4, 0.5) is 22.7 Å². The predicted molar refractivity (Wildman–Crippen MR) is 133 cm³/mol. The predicted octanol–water partition coefficient (Wildman–Crippen LogP) is 7.84. The van der Waals surface area contributed by atoms with Crippen molar-refractivity contribution >= 4 is 22.7 Å². The van der Waals surface area contributed by atoms with Crippen LogP contribution in [0.3, 0.4) is 0 Å². The summed E-state index contributed by atoms with van der Waals surface area (Å²) >= 11 is 0. The summed E-state index contributed by atoms with van der Waals surface area (Å²) in [5.74, 6) is 0. The van der Waals surface area contributed by atoms with Crippen molar-refractivity contribution in [3.8, 4) is 11.1 Å². The lowest BCUT2D eigenvalue weighted by atomic mass is 10.0. The first-order chi connectivity index (χ1) is 14.7. The zero-order chi connectivity index (χ0) is 20.2. The molecule has 1 aliphatic heterocycles. The molecular weight excluding hydrogens is 376 g/mol. The van der Waals surface area contributed by atoms with Crippen LogP contribution in [-0.4, -0.2) is 6.17 Å². The molecule has 0 aromatic heterocycles. The first kappa shape index (κ1) is 19.4. The molecule has 1 heterocycles. The molecule has 0 saturated carbocycles. The smallest absolute Gasteiger partial charge is 0.108 e. The van der Waals surface area contributed by atoms with Crippen LogP contribution in [-0.2, 0) is 6.42 Å². The van der Waals surface area contributed by atoms with Gasteiger partial charge in [0, 0.05) is 17.8 Å². The van der Waals surface area contributed by atoms with Crippen molar-refractivity contribution in [2.45, 2.75) is 33.9 Å². The molecule has 0 spiro atoms. The molecule has 0 unspecified atom stereocenters. The average Bonchev–Trinajstić information content (AvgIpc) is 3.29. The highest BCUT2D eigenvalue weighted by atomic mass is 15.4. The minimum absolute atomic E-state index is 0. The second kappa shape index (κ2) is 7.31. The molecule has 0 radical (unpaired) electrons. The summed E-state index contributed by atoms with van der Waals surface area (Å²) in [6, 6.07) is 33.0. The fourth-order valence-corrected chi connectivity index (χ4v) is 5.25. The molecule has 31 heavy (non-hydrogen) atoms. The van der Waals surface area contributed by atoms with Crippen LogP contribution in [0.15, 0.2) is 91.0 Å². The molecule has 1 aliphatic carbocycles. The Hall–Kier alpha value is -3.52. The lowest BCUT2D eigenvalue weighted by Gasteiger charge is -2.31. The van der Waals surface area contributed by atoms with Crippen LogP contribution >= 0.6 is 0 Å². The van der Waals surface area contributed by atoms with E-state index in [1.54, 1.807) is 0 Å². The highest BCUT2D eigenvalue weighted by Gasteiger charge is 2.39. The topological polar surface area (TPSA) is 6.48 Å². The number of nitrogens with zero attached hydrogens (tertiary/aromatic N) is 2. The Labute approximate surface area is 185 Å². The largest absolute Gasteiger partial charge is 0.319 e. The van der Waals surface area contributed by atoms with Crippen LogP contribution in [0.5, 0.6) is 0 Å². The van der Waals surface area contributed by atoms with Crippen LogP contribution in [0.1, 0.15) is 31.0 Å². The number of anilines is 4. The van der Waals surface area contributed by atoms with E-state index in [0.717, 1.165) is 6.42 Å². The fourth-order valence-electron chi connectivity index (χ4n) is 5.25. The number of para-hydroxylation sites is 2. The standard InChI is InChI=1S/C28H24N2.CH4/c1-19-10-6-9-15-26(19)30-20(2)29(22-12-4-3-5-13-22)27-17-16-24-23-14-8-7-11-21(23)18-25(24)28(27)30;/h3-17,20H,18H2,1-2H3;1H4/t20-;/m0./s1. The van der Waals surface area contributed by atoms with Gasteiger partial charge >= 0.3 is 0 Å². The molecule has 0 N–H and O–H groups in total. The maximum Gasteiger partial charge on any atom is 0.108 e. The molecule has 154 valence electrons. The van der Waals surface area contributed by atoms with Gasteiger partial charge in [-0.3, -0.25) is 0 Å². The van der Waals surface area contributed by atoms with Gasteiger partial charge in [0.1, 0.15) is 6.17 Å². The highest BCUT2D eigenvalue weighted by Crippen LogP contribution is 2.54. The second-order valence-electron chi connectivity index (χ2n) is 8.29. The molecule has 4 aromatic carbocycles. The van der Waals surface area contributed by atoms with E-state index in [4.69, 9.17) is 0 Å². The Morgan fingerprint density at radius 3 is 2.19 bits per heavy atom. The average molecular weight is 405 g/mol.